The summed E-state index contributed by atoms with van der Waals surface area (Å²) in [6, 6.07) is 5.38. The van der Waals surface area contributed by atoms with E-state index in [2.05, 4.69) is 30.6 Å². The molecule has 0 saturated carbocycles. The highest BCUT2D eigenvalue weighted by atomic mass is 16.5. The number of benzene rings is 1. The van der Waals surface area contributed by atoms with Crippen LogP contribution in [0.4, 0.5) is 0 Å². The molecule has 3 atom stereocenters. The Morgan fingerprint density at radius 1 is 1.28 bits per heavy atom. The van der Waals surface area contributed by atoms with Crippen LogP contribution in [0.1, 0.15) is 42.6 Å². The number of hydrogen-bond donors (Lipinski definition) is 1. The van der Waals surface area contributed by atoms with E-state index in [-0.39, 0.29) is 24.0 Å². The Kier molecular flexibility index (Phi) is 5.61. The normalized spacial score (nSPS) is 26.8. The van der Waals surface area contributed by atoms with Gasteiger partial charge in [-0.25, -0.2) is 0 Å². The van der Waals surface area contributed by atoms with Crippen molar-refractivity contribution in [1.82, 2.24) is 15.1 Å². The molecule has 3 aliphatic rings. The zero-order chi connectivity index (χ0) is 20.5. The van der Waals surface area contributed by atoms with Gasteiger partial charge in [0.25, 0.3) is 5.91 Å². The molecule has 0 aromatic heterocycles. The van der Waals surface area contributed by atoms with Gasteiger partial charge in [0, 0.05) is 17.8 Å². The highest BCUT2D eigenvalue weighted by Gasteiger charge is 2.39. The van der Waals surface area contributed by atoms with Gasteiger partial charge in [-0.3, -0.25) is 14.5 Å². The molecular formula is C22H29N3O4. The van der Waals surface area contributed by atoms with Crippen molar-refractivity contribution < 1.29 is 19.1 Å². The van der Waals surface area contributed by atoms with E-state index in [1.165, 1.54) is 0 Å². The van der Waals surface area contributed by atoms with E-state index in [0.29, 0.717) is 43.9 Å². The van der Waals surface area contributed by atoms with Crippen molar-refractivity contribution in [1.29, 1.82) is 0 Å². The minimum Gasteiger partial charge on any atom is -0.486 e. The fraction of sp³-hybridized carbons (Fsp3) is 0.545. The van der Waals surface area contributed by atoms with Gasteiger partial charge in [0.15, 0.2) is 0 Å². The summed E-state index contributed by atoms with van der Waals surface area (Å²) in [7, 11) is 0. The molecule has 156 valence electrons. The quantitative estimate of drug-likeness (QED) is 0.791. The molecule has 2 fully saturated rings. The van der Waals surface area contributed by atoms with Crippen LogP contribution in [0.5, 0.6) is 5.75 Å². The average Bonchev–Trinajstić information content (AvgIpc) is 3.28. The number of amides is 2. The van der Waals surface area contributed by atoms with E-state index < -0.39 is 6.04 Å². The summed E-state index contributed by atoms with van der Waals surface area (Å²) in [5, 5.41) is 2.77. The summed E-state index contributed by atoms with van der Waals surface area (Å²) in [4.78, 5) is 29.2. The number of allylic oxidation sites excluding steroid dienone is 1. The second-order valence-electron chi connectivity index (χ2n) is 7.88. The van der Waals surface area contributed by atoms with Gasteiger partial charge in [0.05, 0.1) is 19.3 Å². The van der Waals surface area contributed by atoms with Crippen molar-refractivity contribution in [2.75, 3.05) is 26.3 Å². The van der Waals surface area contributed by atoms with Crippen molar-refractivity contribution in [2.45, 2.75) is 51.4 Å². The number of rotatable bonds is 6. The fourth-order valence-electron chi connectivity index (χ4n) is 4.55. The minimum absolute atomic E-state index is 0.0312. The zero-order valence-corrected chi connectivity index (χ0v) is 17.1. The number of likely N-dealkylation sites (N-methyl/N-ethyl adjacent to an activating group) is 1. The van der Waals surface area contributed by atoms with Crippen molar-refractivity contribution in [3.05, 3.63) is 41.6 Å². The van der Waals surface area contributed by atoms with Crippen LogP contribution in [0.25, 0.3) is 0 Å². The van der Waals surface area contributed by atoms with E-state index in [9.17, 15) is 9.59 Å². The first-order chi connectivity index (χ1) is 14.0. The Bertz CT molecular complexity index is 820. The predicted molar refractivity (Wildman–Crippen MR) is 109 cm³/mol. The molecular weight excluding hydrogens is 370 g/mol. The number of nitrogens with one attached hydrogen (secondary N) is 1. The van der Waals surface area contributed by atoms with Gasteiger partial charge in [-0.15, -0.1) is 0 Å². The maximum atomic E-state index is 12.9. The van der Waals surface area contributed by atoms with Crippen molar-refractivity contribution >= 4 is 11.8 Å². The average molecular weight is 399 g/mol. The fourth-order valence-corrected chi connectivity index (χ4v) is 4.55. The molecule has 0 spiro atoms. The summed E-state index contributed by atoms with van der Waals surface area (Å²) in [6.45, 7) is 11.7. The lowest BCUT2D eigenvalue weighted by Crippen LogP contribution is -2.49. The van der Waals surface area contributed by atoms with Gasteiger partial charge in [0.2, 0.25) is 5.91 Å². The third-order valence-corrected chi connectivity index (χ3v) is 6.18. The Hall–Kier alpha value is -2.38. The minimum atomic E-state index is -0.444. The number of carbonyl (C=O) groups is 2. The molecule has 3 heterocycles. The lowest BCUT2D eigenvalue weighted by Gasteiger charge is -2.30. The van der Waals surface area contributed by atoms with Crippen molar-refractivity contribution in [3.63, 3.8) is 0 Å². The van der Waals surface area contributed by atoms with Gasteiger partial charge >= 0.3 is 0 Å². The number of piperidine rings is 1. The van der Waals surface area contributed by atoms with Gasteiger partial charge in [-0.05, 0) is 49.7 Å². The molecule has 0 radical (unpaired) electrons. The molecule has 1 N–H and O–H groups in total. The molecule has 7 nitrogen and oxygen atoms in total. The van der Waals surface area contributed by atoms with Gasteiger partial charge < -0.3 is 19.7 Å². The maximum absolute atomic E-state index is 12.9. The van der Waals surface area contributed by atoms with Gasteiger partial charge in [0.1, 0.15) is 17.9 Å². The third-order valence-electron chi connectivity index (χ3n) is 6.18. The highest BCUT2D eigenvalue weighted by Crippen LogP contribution is 2.31. The number of ether oxygens (including phenoxy) is 2. The van der Waals surface area contributed by atoms with E-state index >= 15 is 0 Å². The Balaban J connectivity index is 1.48. The Morgan fingerprint density at radius 2 is 2.07 bits per heavy atom. The van der Waals surface area contributed by atoms with E-state index in [0.717, 1.165) is 24.4 Å². The second kappa shape index (κ2) is 8.16. The first-order valence-electron chi connectivity index (χ1n) is 10.4. The van der Waals surface area contributed by atoms with Crippen LogP contribution in [0, 0.1) is 0 Å². The van der Waals surface area contributed by atoms with Crippen LogP contribution in [0.3, 0.4) is 0 Å². The first-order valence-corrected chi connectivity index (χ1v) is 10.4. The monoisotopic (exact) mass is 399 g/mol. The SMILES string of the molecule is C=C1CCC(N2Cc3cc(O[C@H]4COC[C@@H]4N(CC)CC)ccc3C2=O)C(=O)N1. The van der Waals surface area contributed by atoms with Crippen LogP contribution in [0.2, 0.25) is 0 Å². The van der Waals surface area contributed by atoms with Gasteiger partial charge in [-0.1, -0.05) is 20.4 Å². The number of fused-ring (bicyclic) bond motifs is 1. The molecule has 0 bridgehead atoms. The van der Waals surface area contributed by atoms with Crippen molar-refractivity contribution in [3.8, 4) is 5.75 Å². The molecule has 3 aliphatic heterocycles. The molecule has 2 amide bonds. The molecule has 7 heteroatoms. The third kappa shape index (κ3) is 3.76. The molecule has 2 saturated heterocycles. The summed E-state index contributed by atoms with van der Waals surface area (Å²) >= 11 is 0. The lowest BCUT2D eigenvalue weighted by molar-refractivity contribution is -0.126. The van der Waals surface area contributed by atoms with Crippen molar-refractivity contribution in [2.24, 2.45) is 0 Å². The number of carbonyl (C=O) groups excluding carboxylic acids is 2. The standard InChI is InChI=1S/C22H29N3O4/c1-4-24(5-2)19-12-28-13-20(19)29-16-7-8-17-15(10-16)11-25(22(17)27)18-9-6-14(3)23-21(18)26/h7-8,10,18-20H,3-6,9,11-13H2,1-2H3,(H,23,26)/t18?,19-,20-/m0/s1. The maximum Gasteiger partial charge on any atom is 0.255 e. The summed E-state index contributed by atoms with van der Waals surface area (Å²) in [5.74, 6) is 0.501. The topological polar surface area (TPSA) is 71.1 Å². The van der Waals surface area contributed by atoms with Crippen LogP contribution in [-0.2, 0) is 16.1 Å². The molecule has 1 aromatic carbocycles. The van der Waals surface area contributed by atoms with Crippen LogP contribution < -0.4 is 10.1 Å². The lowest BCUT2D eigenvalue weighted by atomic mass is 10.0. The van der Waals surface area contributed by atoms with Gasteiger partial charge in [-0.2, -0.15) is 0 Å². The van der Waals surface area contributed by atoms with Crippen LogP contribution in [0.15, 0.2) is 30.5 Å². The van der Waals surface area contributed by atoms with E-state index in [1.54, 1.807) is 4.90 Å². The van der Waals surface area contributed by atoms with Crippen LogP contribution in [-0.4, -0.2) is 66.1 Å². The summed E-state index contributed by atoms with van der Waals surface area (Å²) in [5.41, 5.74) is 2.27. The second-order valence-corrected chi connectivity index (χ2v) is 7.88. The first kappa shape index (κ1) is 19.9. The number of hydrogen-bond acceptors (Lipinski definition) is 5. The van der Waals surface area contributed by atoms with E-state index in [1.807, 2.05) is 18.2 Å². The highest BCUT2D eigenvalue weighted by molar-refractivity contribution is 6.01. The largest absolute Gasteiger partial charge is 0.486 e. The zero-order valence-electron chi connectivity index (χ0n) is 17.1. The van der Waals surface area contributed by atoms with E-state index in [4.69, 9.17) is 9.47 Å². The predicted octanol–water partition coefficient (Wildman–Crippen LogP) is 1.92. The molecule has 1 aromatic rings. The molecule has 4 rings (SSSR count). The Morgan fingerprint density at radius 3 is 2.79 bits per heavy atom. The summed E-state index contributed by atoms with van der Waals surface area (Å²) < 4.78 is 11.9. The summed E-state index contributed by atoms with van der Waals surface area (Å²) in [6.07, 6.45) is 1.27. The van der Waals surface area contributed by atoms with Crippen LogP contribution >= 0.6 is 0 Å². The molecule has 29 heavy (non-hydrogen) atoms. The molecule has 0 aliphatic carbocycles. The number of nitrogens with zero attached hydrogens (tertiary/aromatic N) is 2. The molecule has 1 unspecified atom stereocenters. The smallest absolute Gasteiger partial charge is 0.255 e. The Labute approximate surface area is 171 Å².